The van der Waals surface area contributed by atoms with E-state index in [-0.39, 0.29) is 0 Å². The van der Waals surface area contributed by atoms with E-state index in [1.54, 1.807) is 18.3 Å². The molecule has 0 aliphatic heterocycles. The number of hydrogen-bond acceptors (Lipinski definition) is 2. The molecule has 1 aliphatic carbocycles. The normalized spacial score (nSPS) is 30.9. The molecule has 2 unspecified atom stereocenters. The molecule has 2 atom stereocenters. The average molecular weight is 342 g/mol. The number of alkyl halides is 2. The third-order valence-electron chi connectivity index (χ3n) is 2.04. The Hall–Kier alpha value is 0.160. The van der Waals surface area contributed by atoms with Crippen LogP contribution in [-0.2, 0) is 0 Å². The highest BCUT2D eigenvalue weighted by Gasteiger charge is 2.38. The van der Waals surface area contributed by atoms with Crippen LogP contribution in [0.1, 0.15) is 17.4 Å². The molecule has 0 bridgehead atoms. The highest BCUT2D eigenvalue weighted by molar-refractivity contribution is 14.1. The van der Waals surface area contributed by atoms with Gasteiger partial charge in [0, 0.05) is 16.8 Å². The van der Waals surface area contributed by atoms with Gasteiger partial charge in [0.1, 0.15) is 8.98 Å². The molecule has 0 spiro atoms. The number of rotatable bonds is 0. The standard InChI is InChI=1S/C9H6Cl2INO/c10-6-4-9(11,12)8(14)7-5(6)2-1-3-13-7/h1-4,8,14H. The molecular formula is C9H6Cl2INO. The summed E-state index contributed by atoms with van der Waals surface area (Å²) in [6.07, 6.45) is 2.41. The molecule has 14 heavy (non-hydrogen) atoms. The van der Waals surface area contributed by atoms with E-state index >= 15 is 0 Å². The van der Waals surface area contributed by atoms with Gasteiger partial charge in [-0.05, 0) is 12.1 Å². The van der Waals surface area contributed by atoms with E-state index in [1.807, 2.05) is 28.7 Å². The summed E-state index contributed by atoms with van der Waals surface area (Å²) in [5.74, 6) is 0. The van der Waals surface area contributed by atoms with E-state index in [0.29, 0.717) is 10.7 Å². The summed E-state index contributed by atoms with van der Waals surface area (Å²) in [7, 11) is 0. The van der Waals surface area contributed by atoms with Crippen molar-refractivity contribution in [2.45, 2.75) is 8.98 Å². The summed E-state index contributed by atoms with van der Waals surface area (Å²) in [6, 6.07) is 3.59. The Morgan fingerprint density at radius 1 is 1.57 bits per heavy atom. The molecule has 1 heterocycles. The van der Waals surface area contributed by atoms with Gasteiger partial charge in [-0.15, -0.1) is 0 Å². The van der Waals surface area contributed by atoms with E-state index in [2.05, 4.69) is 4.98 Å². The maximum Gasteiger partial charge on any atom is 0.147 e. The van der Waals surface area contributed by atoms with Crippen molar-refractivity contribution >= 4 is 50.8 Å². The Labute approximate surface area is 105 Å². The predicted molar refractivity (Wildman–Crippen MR) is 65.6 cm³/mol. The van der Waals surface area contributed by atoms with Crippen LogP contribution in [0, 0.1) is 0 Å². The first kappa shape index (κ1) is 10.7. The van der Waals surface area contributed by atoms with Gasteiger partial charge >= 0.3 is 0 Å². The molecule has 74 valence electrons. The first-order chi connectivity index (χ1) is 6.52. The molecule has 5 heteroatoms. The van der Waals surface area contributed by atoms with E-state index in [1.165, 1.54) is 0 Å². The van der Waals surface area contributed by atoms with E-state index in [4.69, 9.17) is 23.2 Å². The van der Waals surface area contributed by atoms with E-state index in [9.17, 15) is 5.11 Å². The lowest BCUT2D eigenvalue weighted by atomic mass is 10.00. The molecule has 0 radical (unpaired) electrons. The third-order valence-corrected chi connectivity index (χ3v) is 3.57. The summed E-state index contributed by atoms with van der Waals surface area (Å²) in [5.41, 5.74) is 1.28. The largest absolute Gasteiger partial charge is 0.384 e. The molecule has 0 amide bonds. The number of fused-ring (bicyclic) bond motifs is 1. The van der Waals surface area contributed by atoms with Crippen LogP contribution in [0.3, 0.4) is 0 Å². The first-order valence-corrected chi connectivity index (χ1v) is 5.75. The Morgan fingerprint density at radius 3 is 3.00 bits per heavy atom. The van der Waals surface area contributed by atoms with Crippen LogP contribution < -0.4 is 0 Å². The van der Waals surface area contributed by atoms with Crippen LogP contribution in [0.15, 0.2) is 24.4 Å². The molecule has 0 aromatic carbocycles. The molecule has 1 aliphatic rings. The Balaban J connectivity index is 2.63. The van der Waals surface area contributed by atoms with Crippen molar-refractivity contribution in [3.05, 3.63) is 35.7 Å². The van der Waals surface area contributed by atoms with Crippen LogP contribution in [0.25, 0.3) is 5.03 Å². The Morgan fingerprint density at radius 2 is 2.29 bits per heavy atom. The lowest BCUT2D eigenvalue weighted by Crippen LogP contribution is -2.25. The number of nitrogens with zero attached hydrogens (tertiary/aromatic N) is 1. The highest BCUT2D eigenvalue weighted by Crippen LogP contribution is 2.47. The van der Waals surface area contributed by atoms with Crippen molar-refractivity contribution < 1.29 is 5.11 Å². The summed E-state index contributed by atoms with van der Waals surface area (Å²) < 4.78 is -0.907. The number of aliphatic hydroxyl groups is 1. The van der Waals surface area contributed by atoms with Gasteiger partial charge in [0.25, 0.3) is 0 Å². The Kier molecular flexibility index (Phi) is 2.76. The van der Waals surface area contributed by atoms with E-state index in [0.717, 1.165) is 5.56 Å². The van der Waals surface area contributed by atoms with Crippen molar-refractivity contribution in [2.24, 2.45) is 0 Å². The SMILES string of the molecule is OC1c2ncccc2C(Cl)=CC1(Cl)I. The maximum atomic E-state index is 9.90. The minimum absolute atomic E-state index is 0.530. The van der Waals surface area contributed by atoms with Crippen LogP contribution in [0.2, 0.25) is 0 Å². The zero-order chi connectivity index (χ0) is 10.3. The summed E-state index contributed by atoms with van der Waals surface area (Å²) in [5, 5.41) is 10.4. The fourth-order valence-electron chi connectivity index (χ4n) is 1.35. The van der Waals surface area contributed by atoms with Gasteiger partial charge < -0.3 is 5.11 Å². The topological polar surface area (TPSA) is 33.1 Å². The van der Waals surface area contributed by atoms with Crippen LogP contribution in [0.4, 0.5) is 0 Å². The van der Waals surface area contributed by atoms with Gasteiger partial charge in [-0.1, -0.05) is 51.9 Å². The molecule has 1 N–H and O–H groups in total. The maximum absolute atomic E-state index is 9.90. The number of halogens is 3. The van der Waals surface area contributed by atoms with Crippen LogP contribution >= 0.6 is 45.8 Å². The van der Waals surface area contributed by atoms with Crippen molar-refractivity contribution in [3.63, 3.8) is 0 Å². The van der Waals surface area contributed by atoms with Crippen molar-refractivity contribution in [1.29, 1.82) is 0 Å². The van der Waals surface area contributed by atoms with Crippen molar-refractivity contribution in [1.82, 2.24) is 4.98 Å². The second-order valence-corrected chi connectivity index (χ2v) is 6.46. The number of aliphatic hydroxyl groups excluding tert-OH is 1. The molecule has 0 saturated carbocycles. The molecular weight excluding hydrogens is 336 g/mol. The molecule has 2 nitrogen and oxygen atoms in total. The monoisotopic (exact) mass is 341 g/mol. The van der Waals surface area contributed by atoms with Crippen molar-refractivity contribution in [3.8, 4) is 0 Å². The molecule has 2 rings (SSSR count). The summed E-state index contributed by atoms with van der Waals surface area (Å²) in [6.45, 7) is 0. The summed E-state index contributed by atoms with van der Waals surface area (Å²) in [4.78, 5) is 4.08. The third kappa shape index (κ3) is 1.66. The highest BCUT2D eigenvalue weighted by atomic mass is 127. The Bertz CT molecular complexity index is 406. The van der Waals surface area contributed by atoms with Gasteiger partial charge in [-0.25, -0.2) is 0 Å². The molecule has 0 fully saturated rings. The zero-order valence-corrected chi connectivity index (χ0v) is 10.6. The second kappa shape index (κ2) is 3.63. The average Bonchev–Trinajstić information content (AvgIpc) is 2.14. The minimum atomic E-state index is -0.907. The minimum Gasteiger partial charge on any atom is -0.384 e. The van der Waals surface area contributed by atoms with Gasteiger partial charge in [-0.3, -0.25) is 4.98 Å². The zero-order valence-electron chi connectivity index (χ0n) is 6.92. The molecule has 1 aromatic heterocycles. The second-order valence-electron chi connectivity index (χ2n) is 3.01. The smallest absolute Gasteiger partial charge is 0.147 e. The van der Waals surface area contributed by atoms with Crippen LogP contribution in [0.5, 0.6) is 0 Å². The molecule has 0 saturated heterocycles. The van der Waals surface area contributed by atoms with Crippen molar-refractivity contribution in [2.75, 3.05) is 0 Å². The first-order valence-electron chi connectivity index (χ1n) is 3.92. The van der Waals surface area contributed by atoms with Gasteiger partial charge in [-0.2, -0.15) is 0 Å². The lowest BCUT2D eigenvalue weighted by molar-refractivity contribution is 0.173. The fourth-order valence-corrected chi connectivity index (χ4v) is 2.74. The summed E-state index contributed by atoms with van der Waals surface area (Å²) >= 11 is 14.0. The number of aromatic nitrogens is 1. The van der Waals surface area contributed by atoms with Gasteiger partial charge in [0.05, 0.1) is 5.69 Å². The lowest BCUT2D eigenvalue weighted by Gasteiger charge is -2.28. The van der Waals surface area contributed by atoms with Gasteiger partial charge in [0.2, 0.25) is 0 Å². The number of hydrogen-bond donors (Lipinski definition) is 1. The van der Waals surface area contributed by atoms with Crippen LogP contribution in [-0.4, -0.2) is 13.0 Å². The quantitative estimate of drug-likeness (QED) is 0.581. The molecule has 1 aromatic rings. The number of pyridine rings is 1. The fraction of sp³-hybridized carbons (Fsp3) is 0.222. The van der Waals surface area contributed by atoms with E-state index < -0.39 is 8.98 Å². The predicted octanol–water partition coefficient (Wildman–Crippen LogP) is 3.08. The van der Waals surface area contributed by atoms with Gasteiger partial charge in [0.15, 0.2) is 0 Å².